The van der Waals surface area contributed by atoms with E-state index in [-0.39, 0.29) is 0 Å². The van der Waals surface area contributed by atoms with Crippen molar-refractivity contribution < 1.29 is 0 Å². The molecular weight excluding hydrogens is 270 g/mol. The highest BCUT2D eigenvalue weighted by Gasteiger charge is 2.11. The first-order chi connectivity index (χ1) is 9.65. The summed E-state index contributed by atoms with van der Waals surface area (Å²) in [5.41, 5.74) is 9.95. The summed E-state index contributed by atoms with van der Waals surface area (Å²) in [5.74, 6) is 0.602. The van der Waals surface area contributed by atoms with Crippen LogP contribution in [0.15, 0.2) is 54.6 Å². The molecule has 3 rings (SSSR count). The zero-order valence-corrected chi connectivity index (χ0v) is 11.8. The number of nitrogens with two attached hydrogens (primary N) is 1. The largest absolute Gasteiger partial charge is 0.384 e. The first kappa shape index (κ1) is 12.8. The number of benzene rings is 2. The van der Waals surface area contributed by atoms with Crippen molar-refractivity contribution in [1.82, 2.24) is 9.78 Å². The molecule has 0 spiro atoms. The van der Waals surface area contributed by atoms with Crippen molar-refractivity contribution in [2.75, 3.05) is 5.73 Å². The molecule has 0 aliphatic heterocycles. The van der Waals surface area contributed by atoms with Gasteiger partial charge in [0.05, 0.1) is 11.4 Å². The number of halogens is 1. The molecule has 0 fully saturated rings. The van der Waals surface area contributed by atoms with Gasteiger partial charge in [-0.25, -0.2) is 4.68 Å². The van der Waals surface area contributed by atoms with Crippen molar-refractivity contribution in [2.45, 2.75) is 6.92 Å². The first-order valence-electron chi connectivity index (χ1n) is 6.32. The molecule has 0 aliphatic rings. The minimum Gasteiger partial charge on any atom is -0.384 e. The summed E-state index contributed by atoms with van der Waals surface area (Å²) < 4.78 is 1.73. The predicted octanol–water partition coefficient (Wildman–Crippen LogP) is 4.08. The third-order valence-electron chi connectivity index (χ3n) is 3.21. The van der Waals surface area contributed by atoms with Gasteiger partial charge in [0, 0.05) is 16.7 Å². The average molecular weight is 284 g/mol. The summed E-state index contributed by atoms with van der Waals surface area (Å²) in [6, 6.07) is 17.5. The van der Waals surface area contributed by atoms with Crippen LogP contribution in [-0.4, -0.2) is 9.78 Å². The van der Waals surface area contributed by atoms with Crippen LogP contribution in [0.5, 0.6) is 0 Å². The molecule has 0 unspecified atom stereocenters. The molecule has 3 aromatic rings. The maximum absolute atomic E-state index is 6.07. The summed E-state index contributed by atoms with van der Waals surface area (Å²) in [6.45, 7) is 2.03. The number of aryl methyl sites for hydroxylation is 1. The van der Waals surface area contributed by atoms with Gasteiger partial charge in [-0.3, -0.25) is 0 Å². The van der Waals surface area contributed by atoms with Gasteiger partial charge in [0.15, 0.2) is 0 Å². The molecule has 2 aromatic carbocycles. The normalized spacial score (nSPS) is 10.7. The van der Waals surface area contributed by atoms with Crippen molar-refractivity contribution in [3.8, 4) is 16.9 Å². The van der Waals surface area contributed by atoms with E-state index in [2.05, 4.69) is 5.10 Å². The van der Waals surface area contributed by atoms with Gasteiger partial charge in [0.2, 0.25) is 0 Å². The standard InChI is InChI=1S/C16H14ClN3/c1-11-7-8-12(17)9-14(11)15-10-16(18)20(19-15)13-5-3-2-4-6-13/h2-10H,18H2,1H3. The first-order valence-corrected chi connectivity index (χ1v) is 6.70. The third kappa shape index (κ3) is 2.28. The fourth-order valence-corrected chi connectivity index (χ4v) is 2.35. The van der Waals surface area contributed by atoms with Gasteiger partial charge < -0.3 is 5.73 Å². The van der Waals surface area contributed by atoms with Gasteiger partial charge in [-0.2, -0.15) is 5.10 Å². The molecule has 0 amide bonds. The number of hydrogen-bond acceptors (Lipinski definition) is 2. The minimum atomic E-state index is 0.602. The average Bonchev–Trinajstić information content (AvgIpc) is 2.84. The van der Waals surface area contributed by atoms with Gasteiger partial charge in [-0.15, -0.1) is 0 Å². The van der Waals surface area contributed by atoms with E-state index in [4.69, 9.17) is 17.3 Å². The molecule has 0 aliphatic carbocycles. The maximum atomic E-state index is 6.07. The van der Waals surface area contributed by atoms with E-state index in [1.807, 2.05) is 61.5 Å². The molecule has 0 saturated heterocycles. The number of rotatable bonds is 2. The zero-order valence-electron chi connectivity index (χ0n) is 11.0. The second kappa shape index (κ2) is 5.02. The Morgan fingerprint density at radius 1 is 1.05 bits per heavy atom. The minimum absolute atomic E-state index is 0.602. The predicted molar refractivity (Wildman–Crippen MR) is 83.2 cm³/mol. The van der Waals surface area contributed by atoms with E-state index in [9.17, 15) is 0 Å². The summed E-state index contributed by atoms with van der Waals surface area (Å²) in [4.78, 5) is 0. The molecule has 1 heterocycles. The fourth-order valence-electron chi connectivity index (χ4n) is 2.17. The van der Waals surface area contributed by atoms with Crippen LogP contribution in [0.3, 0.4) is 0 Å². The maximum Gasteiger partial charge on any atom is 0.127 e. The lowest BCUT2D eigenvalue weighted by molar-refractivity contribution is 0.895. The van der Waals surface area contributed by atoms with Gasteiger partial charge in [-0.05, 0) is 36.8 Å². The molecule has 0 saturated carbocycles. The van der Waals surface area contributed by atoms with Crippen molar-refractivity contribution in [3.63, 3.8) is 0 Å². The molecule has 1 aromatic heterocycles. The summed E-state index contributed by atoms with van der Waals surface area (Å²) >= 11 is 6.06. The fraction of sp³-hybridized carbons (Fsp3) is 0.0625. The highest BCUT2D eigenvalue weighted by Crippen LogP contribution is 2.28. The lowest BCUT2D eigenvalue weighted by Crippen LogP contribution is -2.01. The third-order valence-corrected chi connectivity index (χ3v) is 3.45. The van der Waals surface area contributed by atoms with Gasteiger partial charge in [0.25, 0.3) is 0 Å². The van der Waals surface area contributed by atoms with Crippen LogP contribution >= 0.6 is 11.6 Å². The Labute approximate surface area is 122 Å². The van der Waals surface area contributed by atoms with E-state index >= 15 is 0 Å². The summed E-state index contributed by atoms with van der Waals surface area (Å²) in [6.07, 6.45) is 0. The van der Waals surface area contributed by atoms with Gasteiger partial charge >= 0.3 is 0 Å². The molecular formula is C16H14ClN3. The molecule has 0 bridgehead atoms. The van der Waals surface area contributed by atoms with Gasteiger partial charge in [-0.1, -0.05) is 35.9 Å². The monoisotopic (exact) mass is 283 g/mol. The molecule has 20 heavy (non-hydrogen) atoms. The van der Waals surface area contributed by atoms with E-state index in [1.165, 1.54) is 0 Å². The Bertz CT molecular complexity index is 748. The van der Waals surface area contributed by atoms with E-state index in [0.717, 1.165) is 22.5 Å². The molecule has 3 nitrogen and oxygen atoms in total. The second-order valence-corrected chi connectivity index (χ2v) is 5.10. The summed E-state index contributed by atoms with van der Waals surface area (Å²) in [5, 5.41) is 5.28. The van der Waals surface area contributed by atoms with Crippen LogP contribution in [0, 0.1) is 6.92 Å². The number of para-hydroxylation sites is 1. The van der Waals surface area contributed by atoms with Crippen molar-refractivity contribution in [1.29, 1.82) is 0 Å². The van der Waals surface area contributed by atoms with Gasteiger partial charge in [0.1, 0.15) is 5.82 Å². The van der Waals surface area contributed by atoms with Crippen molar-refractivity contribution in [3.05, 3.63) is 65.2 Å². The lowest BCUT2D eigenvalue weighted by atomic mass is 10.1. The van der Waals surface area contributed by atoms with E-state index in [1.54, 1.807) is 4.68 Å². The number of aromatic nitrogens is 2. The highest BCUT2D eigenvalue weighted by atomic mass is 35.5. The quantitative estimate of drug-likeness (QED) is 0.770. The van der Waals surface area contributed by atoms with Crippen molar-refractivity contribution >= 4 is 17.4 Å². The van der Waals surface area contributed by atoms with Crippen LogP contribution in [0.25, 0.3) is 16.9 Å². The Balaban J connectivity index is 2.11. The Morgan fingerprint density at radius 3 is 2.55 bits per heavy atom. The Hall–Kier alpha value is -2.26. The molecule has 0 radical (unpaired) electrons. The lowest BCUT2D eigenvalue weighted by Gasteiger charge is -2.04. The van der Waals surface area contributed by atoms with E-state index < -0.39 is 0 Å². The van der Waals surface area contributed by atoms with Crippen LogP contribution < -0.4 is 5.73 Å². The number of nitrogens with zero attached hydrogens (tertiary/aromatic N) is 2. The zero-order chi connectivity index (χ0) is 14.1. The molecule has 4 heteroatoms. The molecule has 2 N–H and O–H groups in total. The SMILES string of the molecule is Cc1ccc(Cl)cc1-c1cc(N)n(-c2ccccc2)n1. The highest BCUT2D eigenvalue weighted by molar-refractivity contribution is 6.30. The van der Waals surface area contributed by atoms with Crippen LogP contribution in [0.2, 0.25) is 5.02 Å². The topological polar surface area (TPSA) is 43.8 Å². The van der Waals surface area contributed by atoms with Crippen LogP contribution in [0.4, 0.5) is 5.82 Å². The Morgan fingerprint density at radius 2 is 1.80 bits per heavy atom. The molecule has 0 atom stereocenters. The smallest absolute Gasteiger partial charge is 0.127 e. The van der Waals surface area contributed by atoms with Crippen LogP contribution in [-0.2, 0) is 0 Å². The molecule has 100 valence electrons. The number of anilines is 1. The summed E-state index contributed by atoms with van der Waals surface area (Å²) in [7, 11) is 0. The van der Waals surface area contributed by atoms with E-state index in [0.29, 0.717) is 10.8 Å². The van der Waals surface area contributed by atoms with Crippen molar-refractivity contribution in [2.24, 2.45) is 0 Å². The van der Waals surface area contributed by atoms with Crippen LogP contribution in [0.1, 0.15) is 5.56 Å². The Kier molecular flexibility index (Phi) is 3.20. The number of hydrogen-bond donors (Lipinski definition) is 1. The second-order valence-electron chi connectivity index (χ2n) is 4.66. The number of nitrogen functional groups attached to an aromatic ring is 1.